The van der Waals surface area contributed by atoms with Crippen molar-refractivity contribution < 1.29 is 0 Å². The number of hydrogen-bond acceptors (Lipinski definition) is 4. The third-order valence-electron chi connectivity index (χ3n) is 3.23. The molecule has 2 rings (SSSR count). The quantitative estimate of drug-likeness (QED) is 0.821. The van der Waals surface area contributed by atoms with Crippen molar-refractivity contribution >= 4 is 33.3 Å². The Morgan fingerprint density at radius 2 is 1.86 bits per heavy atom. The summed E-state index contributed by atoms with van der Waals surface area (Å²) in [7, 11) is 1.87. The van der Waals surface area contributed by atoms with Crippen LogP contribution in [-0.4, -0.2) is 17.0 Å². The first-order valence-electron chi connectivity index (χ1n) is 7.15. The van der Waals surface area contributed by atoms with Gasteiger partial charge in [-0.3, -0.25) is 0 Å². The van der Waals surface area contributed by atoms with Crippen molar-refractivity contribution in [2.24, 2.45) is 0 Å². The van der Waals surface area contributed by atoms with Crippen molar-refractivity contribution in [3.05, 3.63) is 40.1 Å². The first-order chi connectivity index (χ1) is 10.0. The van der Waals surface area contributed by atoms with E-state index >= 15 is 0 Å². The summed E-state index contributed by atoms with van der Waals surface area (Å²) in [5.41, 5.74) is 2.33. The Hall–Kier alpha value is -1.62. The molecule has 0 aliphatic heterocycles. The second kappa shape index (κ2) is 6.89. The molecule has 0 bridgehead atoms. The number of nitrogens with one attached hydrogen (secondary N) is 2. The van der Waals surface area contributed by atoms with Crippen molar-refractivity contribution in [2.45, 2.75) is 33.1 Å². The van der Waals surface area contributed by atoms with Gasteiger partial charge in [0.2, 0.25) is 0 Å². The Balaban J connectivity index is 2.37. The maximum atomic E-state index is 4.60. The third-order valence-corrected chi connectivity index (χ3v) is 3.72. The van der Waals surface area contributed by atoms with Crippen LogP contribution in [0.15, 0.2) is 28.7 Å². The normalized spacial score (nSPS) is 10.8. The van der Waals surface area contributed by atoms with E-state index in [1.54, 1.807) is 0 Å². The van der Waals surface area contributed by atoms with Gasteiger partial charge in [-0.1, -0.05) is 36.7 Å². The van der Waals surface area contributed by atoms with Crippen LogP contribution in [0.1, 0.15) is 38.1 Å². The van der Waals surface area contributed by atoms with Gasteiger partial charge in [-0.2, -0.15) is 0 Å². The van der Waals surface area contributed by atoms with E-state index < -0.39 is 0 Å². The second-order valence-electron chi connectivity index (χ2n) is 5.18. The smallest absolute Gasteiger partial charge is 0.136 e. The molecule has 0 aliphatic carbocycles. The molecule has 21 heavy (non-hydrogen) atoms. The standard InChI is InChI=1S/C16H21BrN4/c1-5-11-8-12(17)6-7-13(11)19-15-9-14(18-4)20-16(21-15)10(2)3/h6-10H,5H2,1-4H3,(H2,18,19,20,21). The SMILES string of the molecule is CCc1cc(Br)ccc1Nc1cc(NC)nc(C(C)C)n1. The minimum absolute atomic E-state index is 0.286. The number of halogens is 1. The van der Waals surface area contributed by atoms with E-state index in [0.717, 1.165) is 34.0 Å². The maximum Gasteiger partial charge on any atom is 0.136 e. The molecule has 0 amide bonds. The summed E-state index contributed by atoms with van der Waals surface area (Å²) in [5.74, 6) is 2.76. The zero-order chi connectivity index (χ0) is 15.4. The Morgan fingerprint density at radius 3 is 2.48 bits per heavy atom. The topological polar surface area (TPSA) is 49.8 Å². The minimum atomic E-state index is 0.286. The molecular formula is C16H21BrN4. The summed E-state index contributed by atoms with van der Waals surface area (Å²) in [6.45, 7) is 6.33. The van der Waals surface area contributed by atoms with Gasteiger partial charge in [0, 0.05) is 29.2 Å². The molecule has 0 aliphatic rings. The first kappa shape index (κ1) is 15.8. The monoisotopic (exact) mass is 348 g/mol. The molecule has 0 saturated heterocycles. The largest absolute Gasteiger partial charge is 0.373 e. The van der Waals surface area contributed by atoms with Crippen molar-refractivity contribution in [3.63, 3.8) is 0 Å². The molecule has 0 atom stereocenters. The summed E-state index contributed by atoms with van der Waals surface area (Å²) < 4.78 is 1.09. The van der Waals surface area contributed by atoms with Crippen LogP contribution in [0.4, 0.5) is 17.3 Å². The minimum Gasteiger partial charge on any atom is -0.373 e. The van der Waals surface area contributed by atoms with Crippen LogP contribution < -0.4 is 10.6 Å². The Kier molecular flexibility index (Phi) is 5.17. The molecule has 1 heterocycles. The van der Waals surface area contributed by atoms with E-state index in [2.05, 4.69) is 69.4 Å². The fourth-order valence-corrected chi connectivity index (χ4v) is 2.44. The van der Waals surface area contributed by atoms with Gasteiger partial charge in [-0.15, -0.1) is 0 Å². The van der Waals surface area contributed by atoms with Crippen molar-refractivity contribution in [3.8, 4) is 0 Å². The van der Waals surface area contributed by atoms with Crippen molar-refractivity contribution in [2.75, 3.05) is 17.7 Å². The number of hydrogen-bond donors (Lipinski definition) is 2. The molecule has 0 fully saturated rings. The zero-order valence-electron chi connectivity index (χ0n) is 12.9. The summed E-state index contributed by atoms with van der Waals surface area (Å²) in [5, 5.41) is 6.50. The second-order valence-corrected chi connectivity index (χ2v) is 6.10. The van der Waals surface area contributed by atoms with E-state index in [-0.39, 0.29) is 5.92 Å². The van der Waals surface area contributed by atoms with Crippen LogP contribution >= 0.6 is 15.9 Å². The van der Waals surface area contributed by atoms with E-state index in [1.165, 1.54) is 5.56 Å². The Bertz CT molecular complexity index is 626. The van der Waals surface area contributed by atoms with Crippen molar-refractivity contribution in [1.82, 2.24) is 9.97 Å². The lowest BCUT2D eigenvalue weighted by Crippen LogP contribution is -2.06. The number of aryl methyl sites for hydroxylation is 1. The summed E-state index contributed by atoms with van der Waals surface area (Å²) in [4.78, 5) is 9.08. The van der Waals surface area contributed by atoms with Crippen LogP contribution in [-0.2, 0) is 6.42 Å². The lowest BCUT2D eigenvalue weighted by Gasteiger charge is -2.14. The molecule has 0 saturated carbocycles. The van der Waals surface area contributed by atoms with Gasteiger partial charge < -0.3 is 10.6 Å². The number of anilines is 3. The van der Waals surface area contributed by atoms with Crippen LogP contribution in [0.5, 0.6) is 0 Å². The zero-order valence-corrected chi connectivity index (χ0v) is 14.5. The lowest BCUT2D eigenvalue weighted by atomic mass is 10.1. The van der Waals surface area contributed by atoms with E-state index in [9.17, 15) is 0 Å². The van der Waals surface area contributed by atoms with Gasteiger partial charge in [0.05, 0.1) is 0 Å². The fourth-order valence-electron chi connectivity index (χ4n) is 2.03. The highest BCUT2D eigenvalue weighted by molar-refractivity contribution is 9.10. The van der Waals surface area contributed by atoms with E-state index in [0.29, 0.717) is 0 Å². The molecule has 0 radical (unpaired) electrons. The van der Waals surface area contributed by atoms with Gasteiger partial charge in [-0.05, 0) is 30.2 Å². The highest BCUT2D eigenvalue weighted by Gasteiger charge is 2.09. The van der Waals surface area contributed by atoms with Gasteiger partial charge in [0.1, 0.15) is 17.5 Å². The van der Waals surface area contributed by atoms with Gasteiger partial charge >= 0.3 is 0 Å². The molecule has 2 N–H and O–H groups in total. The fraction of sp³-hybridized carbons (Fsp3) is 0.375. The summed E-state index contributed by atoms with van der Waals surface area (Å²) in [6, 6.07) is 8.16. The van der Waals surface area contributed by atoms with Crippen LogP contribution in [0, 0.1) is 0 Å². The van der Waals surface area contributed by atoms with Gasteiger partial charge in [0.25, 0.3) is 0 Å². The molecule has 0 spiro atoms. The molecule has 1 aromatic heterocycles. The van der Waals surface area contributed by atoms with Gasteiger partial charge in [-0.25, -0.2) is 9.97 Å². The molecule has 0 unspecified atom stereocenters. The third kappa shape index (κ3) is 3.94. The number of benzene rings is 1. The van der Waals surface area contributed by atoms with Crippen LogP contribution in [0.2, 0.25) is 0 Å². The Morgan fingerprint density at radius 1 is 1.14 bits per heavy atom. The van der Waals surface area contributed by atoms with Gasteiger partial charge in [0.15, 0.2) is 0 Å². The molecule has 2 aromatic rings. The van der Waals surface area contributed by atoms with Crippen molar-refractivity contribution in [1.29, 1.82) is 0 Å². The first-order valence-corrected chi connectivity index (χ1v) is 7.95. The predicted molar refractivity (Wildman–Crippen MR) is 92.5 cm³/mol. The van der Waals surface area contributed by atoms with E-state index in [1.807, 2.05) is 19.2 Å². The highest BCUT2D eigenvalue weighted by atomic mass is 79.9. The molecule has 4 nitrogen and oxygen atoms in total. The molecular weight excluding hydrogens is 328 g/mol. The van der Waals surface area contributed by atoms with Crippen LogP contribution in [0.3, 0.4) is 0 Å². The lowest BCUT2D eigenvalue weighted by molar-refractivity contribution is 0.778. The average molecular weight is 349 g/mol. The molecule has 5 heteroatoms. The van der Waals surface area contributed by atoms with E-state index in [4.69, 9.17) is 0 Å². The summed E-state index contributed by atoms with van der Waals surface area (Å²) in [6.07, 6.45) is 0.961. The average Bonchev–Trinajstić information content (AvgIpc) is 2.48. The number of rotatable bonds is 5. The maximum absolute atomic E-state index is 4.60. The Labute approximate surface area is 134 Å². The highest BCUT2D eigenvalue weighted by Crippen LogP contribution is 2.26. The predicted octanol–water partition coefficient (Wildman–Crippen LogP) is 4.71. The number of aromatic nitrogens is 2. The summed E-state index contributed by atoms with van der Waals surface area (Å²) >= 11 is 3.51. The number of nitrogens with zero attached hydrogens (tertiary/aromatic N) is 2. The van der Waals surface area contributed by atoms with Crippen LogP contribution in [0.25, 0.3) is 0 Å². The molecule has 112 valence electrons. The molecule has 1 aromatic carbocycles.